The second-order valence-electron chi connectivity index (χ2n) is 5.34. The Labute approximate surface area is 91.8 Å². The van der Waals surface area contributed by atoms with E-state index in [2.05, 4.69) is 18.3 Å². The Hall–Kier alpha value is -0.590. The first kappa shape index (κ1) is 10.9. The van der Waals surface area contributed by atoms with E-state index in [1.807, 2.05) is 0 Å². The van der Waals surface area contributed by atoms with Crippen LogP contribution in [0.3, 0.4) is 0 Å². The molecule has 2 aliphatic rings. The van der Waals surface area contributed by atoms with Crippen molar-refractivity contribution in [1.82, 2.24) is 5.32 Å². The van der Waals surface area contributed by atoms with E-state index in [0.29, 0.717) is 11.8 Å². The minimum atomic E-state index is 0.0444. The van der Waals surface area contributed by atoms with E-state index in [-0.39, 0.29) is 5.60 Å². The van der Waals surface area contributed by atoms with E-state index in [0.717, 1.165) is 26.1 Å². The minimum Gasteiger partial charge on any atom is -0.374 e. The molecule has 84 valence electrons. The van der Waals surface area contributed by atoms with Crippen LogP contribution in [0, 0.1) is 16.7 Å². The van der Waals surface area contributed by atoms with E-state index in [1.54, 1.807) is 0 Å². The van der Waals surface area contributed by atoms with Crippen molar-refractivity contribution in [1.29, 1.82) is 5.26 Å². The quantitative estimate of drug-likeness (QED) is 0.749. The summed E-state index contributed by atoms with van der Waals surface area (Å²) in [6.07, 6.45) is 5.47. The molecule has 1 heterocycles. The molecule has 2 fully saturated rings. The van der Waals surface area contributed by atoms with Crippen LogP contribution in [0.2, 0.25) is 0 Å². The Morgan fingerprint density at radius 3 is 2.67 bits per heavy atom. The standard InChI is InChI=1S/C12H20N2O/c1-11(3-2-8-15-11)9-14-10-12(4-5-12)6-7-13/h14H,2-6,8-10H2,1H3. The minimum absolute atomic E-state index is 0.0444. The van der Waals surface area contributed by atoms with Gasteiger partial charge >= 0.3 is 0 Å². The predicted molar refractivity (Wildman–Crippen MR) is 58.4 cm³/mol. The van der Waals surface area contributed by atoms with Gasteiger partial charge in [0.15, 0.2) is 0 Å². The molecule has 0 bridgehead atoms. The number of hydrogen-bond acceptors (Lipinski definition) is 3. The van der Waals surface area contributed by atoms with Gasteiger partial charge in [-0.05, 0) is 38.0 Å². The topological polar surface area (TPSA) is 45.0 Å². The van der Waals surface area contributed by atoms with Crippen molar-refractivity contribution in [2.75, 3.05) is 19.7 Å². The van der Waals surface area contributed by atoms with Crippen LogP contribution in [0.25, 0.3) is 0 Å². The Kier molecular flexibility index (Phi) is 2.99. The van der Waals surface area contributed by atoms with Crippen molar-refractivity contribution in [3.05, 3.63) is 0 Å². The molecule has 2 rings (SSSR count). The molecule has 3 nitrogen and oxygen atoms in total. The van der Waals surface area contributed by atoms with E-state index >= 15 is 0 Å². The molecular weight excluding hydrogens is 188 g/mol. The summed E-state index contributed by atoms with van der Waals surface area (Å²) in [6.45, 7) is 5.00. The molecule has 1 aliphatic carbocycles. The summed E-state index contributed by atoms with van der Waals surface area (Å²) in [4.78, 5) is 0. The second-order valence-corrected chi connectivity index (χ2v) is 5.34. The van der Waals surface area contributed by atoms with Gasteiger partial charge in [-0.2, -0.15) is 5.26 Å². The summed E-state index contributed by atoms with van der Waals surface area (Å²) in [5, 5.41) is 12.2. The van der Waals surface area contributed by atoms with Crippen LogP contribution in [0.15, 0.2) is 0 Å². The van der Waals surface area contributed by atoms with Crippen molar-refractivity contribution < 1.29 is 4.74 Å². The Bertz CT molecular complexity index is 259. The van der Waals surface area contributed by atoms with Gasteiger partial charge in [-0.1, -0.05) is 0 Å². The van der Waals surface area contributed by atoms with Crippen LogP contribution < -0.4 is 5.32 Å². The maximum absolute atomic E-state index is 8.70. The average molecular weight is 208 g/mol. The van der Waals surface area contributed by atoms with Gasteiger partial charge in [0.05, 0.1) is 11.7 Å². The van der Waals surface area contributed by atoms with Gasteiger partial charge in [0, 0.05) is 26.1 Å². The van der Waals surface area contributed by atoms with E-state index in [1.165, 1.54) is 19.3 Å². The van der Waals surface area contributed by atoms with Gasteiger partial charge in [0.1, 0.15) is 0 Å². The van der Waals surface area contributed by atoms with E-state index < -0.39 is 0 Å². The van der Waals surface area contributed by atoms with Crippen molar-refractivity contribution >= 4 is 0 Å². The molecular formula is C12H20N2O. The molecule has 15 heavy (non-hydrogen) atoms. The number of nitrogens with zero attached hydrogens (tertiary/aromatic N) is 1. The zero-order valence-electron chi connectivity index (χ0n) is 9.51. The Balaban J connectivity index is 1.69. The van der Waals surface area contributed by atoms with Crippen LogP contribution in [0.5, 0.6) is 0 Å². The fourth-order valence-corrected chi connectivity index (χ4v) is 2.33. The summed E-state index contributed by atoms with van der Waals surface area (Å²) in [7, 11) is 0. The second kappa shape index (κ2) is 4.11. The summed E-state index contributed by atoms with van der Waals surface area (Å²) in [5.41, 5.74) is 0.354. The number of ether oxygens (including phenoxy) is 1. The molecule has 0 aromatic rings. The molecule has 1 saturated heterocycles. The molecule has 1 atom stereocenters. The lowest BCUT2D eigenvalue weighted by Crippen LogP contribution is -2.39. The highest BCUT2D eigenvalue weighted by Gasteiger charge is 2.42. The molecule has 0 aromatic heterocycles. The van der Waals surface area contributed by atoms with Gasteiger partial charge in [-0.15, -0.1) is 0 Å². The summed E-state index contributed by atoms with van der Waals surface area (Å²) >= 11 is 0. The number of hydrogen-bond donors (Lipinski definition) is 1. The van der Waals surface area contributed by atoms with Crippen molar-refractivity contribution in [3.63, 3.8) is 0 Å². The van der Waals surface area contributed by atoms with Crippen LogP contribution >= 0.6 is 0 Å². The molecule has 0 amide bonds. The summed E-state index contributed by atoms with van der Waals surface area (Å²) in [6, 6.07) is 2.29. The zero-order valence-corrected chi connectivity index (χ0v) is 9.51. The summed E-state index contributed by atoms with van der Waals surface area (Å²) < 4.78 is 5.71. The van der Waals surface area contributed by atoms with Gasteiger partial charge in [0.2, 0.25) is 0 Å². The van der Waals surface area contributed by atoms with Crippen molar-refractivity contribution in [3.8, 4) is 6.07 Å². The summed E-state index contributed by atoms with van der Waals surface area (Å²) in [5.74, 6) is 0. The smallest absolute Gasteiger partial charge is 0.0779 e. The first-order chi connectivity index (χ1) is 7.18. The van der Waals surface area contributed by atoms with Crippen LogP contribution in [-0.4, -0.2) is 25.3 Å². The molecule has 0 radical (unpaired) electrons. The highest BCUT2D eigenvalue weighted by atomic mass is 16.5. The maximum Gasteiger partial charge on any atom is 0.0779 e. The zero-order chi connectivity index (χ0) is 10.8. The average Bonchev–Trinajstić information content (AvgIpc) is 2.81. The lowest BCUT2D eigenvalue weighted by molar-refractivity contribution is 0.0201. The normalized spacial score (nSPS) is 32.5. The first-order valence-corrected chi connectivity index (χ1v) is 5.90. The molecule has 0 spiro atoms. The van der Waals surface area contributed by atoms with E-state index in [9.17, 15) is 0 Å². The molecule has 3 heteroatoms. The van der Waals surface area contributed by atoms with Crippen LogP contribution in [0.1, 0.15) is 39.0 Å². The van der Waals surface area contributed by atoms with Gasteiger partial charge in [-0.3, -0.25) is 0 Å². The molecule has 0 aromatic carbocycles. The Morgan fingerprint density at radius 1 is 1.33 bits per heavy atom. The third kappa shape index (κ3) is 2.70. The van der Waals surface area contributed by atoms with Gasteiger partial charge < -0.3 is 10.1 Å². The Morgan fingerprint density at radius 2 is 2.13 bits per heavy atom. The fourth-order valence-electron chi connectivity index (χ4n) is 2.33. The lowest BCUT2D eigenvalue weighted by atomic mass is 10.0. The van der Waals surface area contributed by atoms with Gasteiger partial charge in [-0.25, -0.2) is 0 Å². The van der Waals surface area contributed by atoms with Crippen LogP contribution in [0.4, 0.5) is 0 Å². The number of nitriles is 1. The van der Waals surface area contributed by atoms with Crippen molar-refractivity contribution in [2.45, 2.75) is 44.6 Å². The maximum atomic E-state index is 8.70. The third-order valence-electron chi connectivity index (χ3n) is 3.71. The highest BCUT2D eigenvalue weighted by molar-refractivity contribution is 5.01. The van der Waals surface area contributed by atoms with Gasteiger partial charge in [0.25, 0.3) is 0 Å². The monoisotopic (exact) mass is 208 g/mol. The third-order valence-corrected chi connectivity index (χ3v) is 3.71. The molecule has 1 unspecified atom stereocenters. The van der Waals surface area contributed by atoms with Crippen LogP contribution in [-0.2, 0) is 4.74 Å². The first-order valence-electron chi connectivity index (χ1n) is 5.90. The largest absolute Gasteiger partial charge is 0.374 e. The number of nitrogens with one attached hydrogen (secondary N) is 1. The SMILES string of the molecule is CC1(CNCC2(CC#N)CC2)CCCO1. The molecule has 1 N–H and O–H groups in total. The lowest BCUT2D eigenvalue weighted by Gasteiger charge is -2.24. The predicted octanol–water partition coefficient (Wildman–Crippen LogP) is 1.84. The van der Waals surface area contributed by atoms with Crippen molar-refractivity contribution in [2.24, 2.45) is 5.41 Å². The number of rotatable bonds is 5. The van der Waals surface area contributed by atoms with E-state index in [4.69, 9.17) is 10.00 Å². The highest BCUT2D eigenvalue weighted by Crippen LogP contribution is 2.47. The molecule has 1 saturated carbocycles. The molecule has 1 aliphatic heterocycles. The fraction of sp³-hybridized carbons (Fsp3) is 0.917.